The molecule has 0 aromatic heterocycles. The molecule has 0 aliphatic heterocycles. The fourth-order valence-electron chi connectivity index (χ4n) is 3.24. The summed E-state index contributed by atoms with van der Waals surface area (Å²) in [6.45, 7) is -0.00594. The molecule has 2 aromatic carbocycles. The number of ketones is 1. The molecule has 2 unspecified atom stereocenters. The highest BCUT2D eigenvalue weighted by molar-refractivity contribution is 6.30. The average molecular weight is 437 g/mol. The lowest BCUT2D eigenvalue weighted by molar-refractivity contribution is 0.0398. The molecule has 1 saturated carbocycles. The Morgan fingerprint density at radius 3 is 1.97 bits per heavy atom. The van der Waals surface area contributed by atoms with Crippen LogP contribution in [-0.4, -0.2) is 47.5 Å². The molecule has 162 valence electrons. The summed E-state index contributed by atoms with van der Waals surface area (Å²) in [4.78, 5) is 13.4. The minimum absolute atomic E-state index is 0.0248. The number of carbonyl (C=O) groups is 1. The molecule has 7 nitrogen and oxygen atoms in total. The van der Waals surface area contributed by atoms with Crippen LogP contribution in [0.3, 0.4) is 0 Å². The first-order valence-corrected chi connectivity index (χ1v) is 9.79. The van der Waals surface area contributed by atoms with Gasteiger partial charge in [0.25, 0.3) is 0 Å². The average Bonchev–Trinajstić information content (AvgIpc) is 3.55. The van der Waals surface area contributed by atoms with Crippen molar-refractivity contribution in [3.8, 4) is 17.2 Å². The van der Waals surface area contributed by atoms with Crippen molar-refractivity contribution < 1.29 is 33.2 Å². The van der Waals surface area contributed by atoms with E-state index < -0.39 is 0 Å². The summed E-state index contributed by atoms with van der Waals surface area (Å²) in [6.07, 6.45) is 0.746. The molecule has 0 radical (unpaired) electrons. The molecule has 3 rings (SSSR count). The van der Waals surface area contributed by atoms with Crippen molar-refractivity contribution in [2.45, 2.75) is 12.3 Å². The number of benzene rings is 2. The van der Waals surface area contributed by atoms with Gasteiger partial charge in [-0.25, -0.2) is 0 Å². The zero-order valence-electron chi connectivity index (χ0n) is 17.2. The van der Waals surface area contributed by atoms with Crippen molar-refractivity contribution in [2.75, 3.05) is 41.7 Å². The molecule has 30 heavy (non-hydrogen) atoms. The Balaban J connectivity index is 1.91. The summed E-state index contributed by atoms with van der Waals surface area (Å²) in [6, 6.07) is 10.8. The maximum Gasteiger partial charge on any atom is 0.188 e. The molecule has 0 spiro atoms. The largest absolute Gasteiger partial charge is 0.467 e. The molecule has 0 heterocycles. The van der Waals surface area contributed by atoms with Crippen LogP contribution in [0.2, 0.25) is 5.02 Å². The number of halogens is 1. The maximum atomic E-state index is 13.4. The van der Waals surface area contributed by atoms with Crippen LogP contribution >= 0.6 is 11.6 Å². The van der Waals surface area contributed by atoms with Gasteiger partial charge in [-0.3, -0.25) is 4.79 Å². The number of hydrogen-bond acceptors (Lipinski definition) is 7. The number of methoxy groups -OCH3 is 3. The number of carbonyl (C=O) groups excluding carboxylic acids is 1. The third-order valence-electron chi connectivity index (χ3n) is 4.72. The van der Waals surface area contributed by atoms with Crippen molar-refractivity contribution in [3.05, 3.63) is 52.5 Å². The van der Waals surface area contributed by atoms with Crippen LogP contribution in [0.25, 0.3) is 0 Å². The van der Waals surface area contributed by atoms with Gasteiger partial charge in [0.15, 0.2) is 26.2 Å². The lowest BCUT2D eigenvalue weighted by atomic mass is 10.0. The molecule has 0 bridgehead atoms. The van der Waals surface area contributed by atoms with Crippen LogP contribution in [-0.2, 0) is 14.2 Å². The molecule has 0 saturated heterocycles. The third-order valence-corrected chi connectivity index (χ3v) is 4.97. The molecule has 1 fully saturated rings. The summed E-state index contributed by atoms with van der Waals surface area (Å²) >= 11 is 5.98. The predicted molar refractivity (Wildman–Crippen MR) is 111 cm³/mol. The van der Waals surface area contributed by atoms with E-state index in [1.54, 1.807) is 12.1 Å². The van der Waals surface area contributed by atoms with Crippen LogP contribution in [0.15, 0.2) is 36.4 Å². The second-order valence-electron chi connectivity index (χ2n) is 6.81. The summed E-state index contributed by atoms with van der Waals surface area (Å²) < 4.78 is 31.9. The summed E-state index contributed by atoms with van der Waals surface area (Å²) in [7, 11) is 4.53. The first kappa shape index (κ1) is 22.4. The van der Waals surface area contributed by atoms with Gasteiger partial charge in [0, 0.05) is 44.4 Å². The van der Waals surface area contributed by atoms with Crippen LogP contribution in [0.5, 0.6) is 17.2 Å². The summed E-state index contributed by atoms with van der Waals surface area (Å²) in [5.74, 6) is 0.976. The highest BCUT2D eigenvalue weighted by atomic mass is 35.5. The SMILES string of the molecule is COCOc1cc(OCOC)c(C(=O)C2CC2c2ccc(Cl)cc2)c(OCOC)c1. The number of hydrogen-bond donors (Lipinski definition) is 0. The van der Waals surface area contributed by atoms with E-state index in [0.717, 1.165) is 12.0 Å². The van der Waals surface area contributed by atoms with Crippen molar-refractivity contribution in [3.63, 3.8) is 0 Å². The summed E-state index contributed by atoms with van der Waals surface area (Å²) in [5.41, 5.74) is 1.42. The number of ether oxygens (including phenoxy) is 6. The maximum absolute atomic E-state index is 13.4. The van der Waals surface area contributed by atoms with Gasteiger partial charge < -0.3 is 28.4 Å². The Labute approximate surface area is 180 Å². The Morgan fingerprint density at radius 1 is 0.900 bits per heavy atom. The minimum Gasteiger partial charge on any atom is -0.467 e. The van der Waals surface area contributed by atoms with Crippen molar-refractivity contribution >= 4 is 17.4 Å². The van der Waals surface area contributed by atoms with E-state index in [-0.39, 0.29) is 38.0 Å². The molecule has 1 aliphatic rings. The molecule has 2 aromatic rings. The van der Waals surface area contributed by atoms with E-state index in [0.29, 0.717) is 27.8 Å². The Morgan fingerprint density at radius 2 is 1.43 bits per heavy atom. The van der Waals surface area contributed by atoms with Crippen molar-refractivity contribution in [1.82, 2.24) is 0 Å². The molecule has 1 aliphatic carbocycles. The van der Waals surface area contributed by atoms with Gasteiger partial charge in [-0.2, -0.15) is 0 Å². The van der Waals surface area contributed by atoms with Gasteiger partial charge in [-0.15, -0.1) is 0 Å². The highest BCUT2D eigenvalue weighted by Crippen LogP contribution is 2.51. The predicted octanol–water partition coefficient (Wildman–Crippen LogP) is 4.27. The van der Waals surface area contributed by atoms with Crippen molar-refractivity contribution in [2.24, 2.45) is 5.92 Å². The quantitative estimate of drug-likeness (QED) is 0.363. The minimum atomic E-state index is -0.174. The van der Waals surface area contributed by atoms with Gasteiger partial charge in [0.05, 0.1) is 0 Å². The molecule has 0 amide bonds. The molecule has 8 heteroatoms. The standard InChI is InChI=1S/C22H25ClO7/c1-25-11-28-16-8-19(29-12-26-2)21(20(9-16)30-13-27-3)22(24)18-10-17(18)14-4-6-15(23)7-5-14/h4-9,17-18H,10-13H2,1-3H3. The van der Waals surface area contributed by atoms with E-state index in [4.69, 9.17) is 40.0 Å². The first-order valence-electron chi connectivity index (χ1n) is 9.42. The monoisotopic (exact) mass is 436 g/mol. The zero-order chi connectivity index (χ0) is 21.5. The normalized spacial score (nSPS) is 17.5. The van der Waals surface area contributed by atoms with E-state index in [1.807, 2.05) is 24.3 Å². The Kier molecular flexibility index (Phi) is 7.93. The fraction of sp³-hybridized carbons (Fsp3) is 0.409. The summed E-state index contributed by atoms with van der Waals surface area (Å²) in [5, 5.41) is 0.666. The Hall–Kier alpha value is -2.32. The van der Waals surface area contributed by atoms with Crippen LogP contribution in [0, 0.1) is 5.92 Å². The topological polar surface area (TPSA) is 72.5 Å². The molecular weight excluding hydrogens is 412 g/mol. The molecule has 2 atom stereocenters. The van der Waals surface area contributed by atoms with E-state index in [2.05, 4.69) is 0 Å². The zero-order valence-corrected chi connectivity index (χ0v) is 17.9. The third kappa shape index (κ3) is 5.43. The van der Waals surface area contributed by atoms with Crippen LogP contribution < -0.4 is 14.2 Å². The van der Waals surface area contributed by atoms with Crippen LogP contribution in [0.1, 0.15) is 28.3 Å². The van der Waals surface area contributed by atoms with E-state index in [1.165, 1.54) is 21.3 Å². The van der Waals surface area contributed by atoms with Gasteiger partial charge in [0.2, 0.25) is 0 Å². The molecule has 0 N–H and O–H groups in total. The van der Waals surface area contributed by atoms with Gasteiger partial charge >= 0.3 is 0 Å². The lowest BCUT2D eigenvalue weighted by Gasteiger charge is -2.17. The van der Waals surface area contributed by atoms with Gasteiger partial charge in [0.1, 0.15) is 22.8 Å². The smallest absolute Gasteiger partial charge is 0.188 e. The number of Topliss-reactive ketones (excluding diaryl/α,β-unsaturated/α-hetero) is 1. The highest BCUT2D eigenvalue weighted by Gasteiger charge is 2.46. The lowest BCUT2D eigenvalue weighted by Crippen LogP contribution is -2.13. The van der Waals surface area contributed by atoms with Gasteiger partial charge in [-0.05, 0) is 30.0 Å². The second-order valence-corrected chi connectivity index (χ2v) is 7.25. The fourth-order valence-corrected chi connectivity index (χ4v) is 3.37. The van der Waals surface area contributed by atoms with E-state index in [9.17, 15) is 4.79 Å². The number of rotatable bonds is 12. The van der Waals surface area contributed by atoms with E-state index >= 15 is 0 Å². The van der Waals surface area contributed by atoms with Crippen LogP contribution in [0.4, 0.5) is 0 Å². The van der Waals surface area contributed by atoms with Crippen molar-refractivity contribution in [1.29, 1.82) is 0 Å². The van der Waals surface area contributed by atoms with Gasteiger partial charge in [-0.1, -0.05) is 23.7 Å². The second kappa shape index (κ2) is 10.6. The Bertz CT molecular complexity index is 824. The first-order chi connectivity index (χ1) is 14.6. The molecular formula is C22H25ClO7.